The third kappa shape index (κ3) is 8.03. The van der Waals surface area contributed by atoms with Crippen molar-refractivity contribution >= 4 is 27.5 Å². The van der Waals surface area contributed by atoms with Crippen molar-refractivity contribution < 1.29 is 27.5 Å². The first-order valence-electron chi connectivity index (χ1n) is 14.1. The minimum atomic E-state index is -3.89. The van der Waals surface area contributed by atoms with Gasteiger partial charge in [-0.15, -0.1) is 0 Å². The number of carbonyl (C=O) groups excluding carboxylic acids is 2. The Labute approximate surface area is 248 Å². The highest BCUT2D eigenvalue weighted by Crippen LogP contribution is 2.35. The molecule has 0 radical (unpaired) electrons. The van der Waals surface area contributed by atoms with E-state index in [9.17, 15) is 18.0 Å². The van der Waals surface area contributed by atoms with Gasteiger partial charge < -0.3 is 19.7 Å². The van der Waals surface area contributed by atoms with Crippen LogP contribution in [-0.4, -0.2) is 63.7 Å². The molecule has 2 amide bonds. The first kappa shape index (κ1) is 30.9. The molecule has 1 N–H and O–H groups in total. The lowest BCUT2D eigenvalue weighted by molar-refractivity contribution is -0.140. The largest absolute Gasteiger partial charge is 0.486 e. The van der Waals surface area contributed by atoms with Crippen molar-refractivity contribution in [2.24, 2.45) is 5.92 Å². The molecule has 0 spiro atoms. The van der Waals surface area contributed by atoms with Crippen molar-refractivity contribution in [1.29, 1.82) is 0 Å². The summed E-state index contributed by atoms with van der Waals surface area (Å²) in [7, 11) is -3.89. The Balaban J connectivity index is 1.73. The van der Waals surface area contributed by atoms with Crippen molar-refractivity contribution in [1.82, 2.24) is 10.2 Å². The van der Waals surface area contributed by atoms with Gasteiger partial charge in [0.05, 0.1) is 11.9 Å². The fraction of sp³-hybridized carbons (Fsp3) is 0.375. The van der Waals surface area contributed by atoms with Crippen LogP contribution in [0, 0.1) is 12.8 Å². The normalized spacial score (nSPS) is 13.4. The van der Waals surface area contributed by atoms with Crippen LogP contribution >= 0.6 is 0 Å². The number of carbonyl (C=O) groups is 2. The molecule has 0 saturated heterocycles. The van der Waals surface area contributed by atoms with E-state index in [4.69, 9.17) is 9.47 Å². The van der Waals surface area contributed by atoms with Crippen LogP contribution in [0.4, 0.5) is 5.69 Å². The zero-order valence-corrected chi connectivity index (χ0v) is 25.4. The van der Waals surface area contributed by atoms with Crippen LogP contribution in [0.3, 0.4) is 0 Å². The standard InChI is InChI=1S/C32H39N3O6S/c1-23(2)20-33-32(37)28(18-25-11-6-5-7-12-25)34(21-26-13-9-8-10-24(26)3)31(36)22-35(42(4,38)39)27-14-15-29-30(19-27)41-17-16-40-29/h5-15,19,23,28H,16-18,20-22H2,1-4H3,(H,33,37)/t28-/m1/s1. The summed E-state index contributed by atoms with van der Waals surface area (Å²) in [6.07, 6.45) is 1.32. The zero-order valence-electron chi connectivity index (χ0n) is 24.6. The molecule has 42 heavy (non-hydrogen) atoms. The van der Waals surface area contributed by atoms with Crippen molar-refractivity contribution in [2.75, 3.05) is 36.9 Å². The average Bonchev–Trinajstić information content (AvgIpc) is 2.97. The second-order valence-electron chi connectivity index (χ2n) is 10.9. The molecule has 1 atom stereocenters. The van der Waals surface area contributed by atoms with E-state index < -0.39 is 28.5 Å². The number of hydrogen-bond acceptors (Lipinski definition) is 6. The molecule has 1 aliphatic rings. The Morgan fingerprint density at radius 2 is 1.60 bits per heavy atom. The number of amides is 2. The molecule has 0 fully saturated rings. The van der Waals surface area contributed by atoms with E-state index in [0.29, 0.717) is 31.3 Å². The molecule has 1 heterocycles. The maximum absolute atomic E-state index is 14.2. The average molecular weight is 594 g/mol. The van der Waals surface area contributed by atoms with Crippen LogP contribution in [0.5, 0.6) is 11.5 Å². The number of ether oxygens (including phenoxy) is 2. The van der Waals surface area contributed by atoms with Gasteiger partial charge in [0.1, 0.15) is 25.8 Å². The van der Waals surface area contributed by atoms with Gasteiger partial charge in [-0.2, -0.15) is 0 Å². The lowest BCUT2D eigenvalue weighted by atomic mass is 10.0. The second-order valence-corrected chi connectivity index (χ2v) is 12.8. The van der Waals surface area contributed by atoms with Gasteiger partial charge in [0, 0.05) is 25.6 Å². The van der Waals surface area contributed by atoms with E-state index >= 15 is 0 Å². The molecule has 0 aromatic heterocycles. The number of rotatable bonds is 12. The molecule has 0 saturated carbocycles. The summed E-state index contributed by atoms with van der Waals surface area (Å²) in [6.45, 7) is 6.77. The van der Waals surface area contributed by atoms with E-state index in [1.165, 1.54) is 4.90 Å². The van der Waals surface area contributed by atoms with Crippen molar-refractivity contribution in [3.05, 3.63) is 89.5 Å². The van der Waals surface area contributed by atoms with Crippen LogP contribution in [0.2, 0.25) is 0 Å². The number of nitrogens with one attached hydrogen (secondary N) is 1. The predicted molar refractivity (Wildman–Crippen MR) is 163 cm³/mol. The SMILES string of the molecule is Cc1ccccc1CN(C(=O)CN(c1ccc2c(c1)OCCO2)S(C)(=O)=O)[C@H](Cc1ccccc1)C(=O)NCC(C)C. The van der Waals surface area contributed by atoms with Gasteiger partial charge in [-0.3, -0.25) is 13.9 Å². The Kier molecular flexibility index (Phi) is 10.1. The maximum atomic E-state index is 14.2. The Hall–Kier alpha value is -4.05. The van der Waals surface area contributed by atoms with Crippen LogP contribution in [0.15, 0.2) is 72.8 Å². The third-order valence-electron chi connectivity index (χ3n) is 7.05. The fourth-order valence-electron chi connectivity index (χ4n) is 4.75. The summed E-state index contributed by atoms with van der Waals surface area (Å²) in [4.78, 5) is 29.5. The molecule has 0 aliphatic carbocycles. The topological polar surface area (TPSA) is 105 Å². The minimum Gasteiger partial charge on any atom is -0.486 e. The molecule has 0 unspecified atom stereocenters. The van der Waals surface area contributed by atoms with Crippen LogP contribution in [-0.2, 0) is 32.6 Å². The summed E-state index contributed by atoms with van der Waals surface area (Å²) in [5, 5.41) is 2.99. The van der Waals surface area contributed by atoms with Crippen LogP contribution < -0.4 is 19.1 Å². The van der Waals surface area contributed by atoms with E-state index in [1.54, 1.807) is 18.2 Å². The highest BCUT2D eigenvalue weighted by atomic mass is 32.2. The Bertz CT molecular complexity index is 1490. The minimum absolute atomic E-state index is 0.136. The molecule has 3 aromatic rings. The van der Waals surface area contributed by atoms with Crippen molar-refractivity contribution in [3.8, 4) is 11.5 Å². The number of sulfonamides is 1. The van der Waals surface area contributed by atoms with Crippen LogP contribution in [0.1, 0.15) is 30.5 Å². The summed E-state index contributed by atoms with van der Waals surface area (Å²) in [6, 6.07) is 21.1. The summed E-state index contributed by atoms with van der Waals surface area (Å²) in [5.41, 5.74) is 2.99. The zero-order chi connectivity index (χ0) is 30.3. The molecule has 1 aliphatic heterocycles. The van der Waals surface area contributed by atoms with E-state index in [0.717, 1.165) is 27.3 Å². The van der Waals surface area contributed by atoms with Gasteiger partial charge in [0.15, 0.2) is 11.5 Å². The van der Waals surface area contributed by atoms with Gasteiger partial charge in [0.25, 0.3) is 0 Å². The molecule has 4 rings (SSSR count). The molecular formula is C32H39N3O6S. The van der Waals surface area contributed by atoms with Crippen LogP contribution in [0.25, 0.3) is 0 Å². The Morgan fingerprint density at radius 1 is 0.929 bits per heavy atom. The molecule has 224 valence electrons. The van der Waals surface area contributed by atoms with Crippen molar-refractivity contribution in [3.63, 3.8) is 0 Å². The lowest BCUT2D eigenvalue weighted by Crippen LogP contribution is -2.53. The molecule has 9 nitrogen and oxygen atoms in total. The molecule has 10 heteroatoms. The highest BCUT2D eigenvalue weighted by Gasteiger charge is 2.33. The number of nitrogens with zero attached hydrogens (tertiary/aromatic N) is 2. The summed E-state index contributed by atoms with van der Waals surface area (Å²) in [5.74, 6) is 0.337. The van der Waals surface area contributed by atoms with E-state index in [2.05, 4.69) is 5.32 Å². The van der Waals surface area contributed by atoms with Gasteiger partial charge >= 0.3 is 0 Å². The smallest absolute Gasteiger partial charge is 0.244 e. The second kappa shape index (κ2) is 13.7. The van der Waals surface area contributed by atoms with Gasteiger partial charge in [0.2, 0.25) is 21.8 Å². The number of benzene rings is 3. The molecule has 3 aromatic carbocycles. The fourth-order valence-corrected chi connectivity index (χ4v) is 5.59. The number of anilines is 1. The van der Waals surface area contributed by atoms with E-state index in [-0.39, 0.29) is 30.5 Å². The van der Waals surface area contributed by atoms with E-state index in [1.807, 2.05) is 75.4 Å². The first-order chi connectivity index (χ1) is 20.0. The van der Waals surface area contributed by atoms with Crippen molar-refractivity contribution in [2.45, 2.75) is 39.8 Å². The maximum Gasteiger partial charge on any atom is 0.244 e. The molecule has 0 bridgehead atoms. The number of fused-ring (bicyclic) bond motifs is 1. The van der Waals surface area contributed by atoms with Gasteiger partial charge in [-0.25, -0.2) is 8.42 Å². The van der Waals surface area contributed by atoms with Gasteiger partial charge in [-0.1, -0.05) is 68.4 Å². The highest BCUT2D eigenvalue weighted by molar-refractivity contribution is 7.92. The third-order valence-corrected chi connectivity index (χ3v) is 8.19. The monoisotopic (exact) mass is 593 g/mol. The summed E-state index contributed by atoms with van der Waals surface area (Å²) >= 11 is 0. The lowest BCUT2D eigenvalue weighted by Gasteiger charge is -2.34. The summed E-state index contributed by atoms with van der Waals surface area (Å²) < 4.78 is 38.4. The molecular weight excluding hydrogens is 554 g/mol. The number of aryl methyl sites for hydroxylation is 1. The number of hydrogen-bond donors (Lipinski definition) is 1. The predicted octanol–water partition coefficient (Wildman–Crippen LogP) is 3.94. The quantitative estimate of drug-likeness (QED) is 0.341. The first-order valence-corrected chi connectivity index (χ1v) is 15.9. The van der Waals surface area contributed by atoms with Gasteiger partial charge in [-0.05, 0) is 41.7 Å². The Morgan fingerprint density at radius 3 is 2.26 bits per heavy atom.